The summed E-state index contributed by atoms with van der Waals surface area (Å²) in [7, 11) is 3.70. The van der Waals surface area contributed by atoms with E-state index >= 15 is 0 Å². The Kier molecular flexibility index (Phi) is 5.38. The van der Waals surface area contributed by atoms with Gasteiger partial charge in [-0.2, -0.15) is 0 Å². The van der Waals surface area contributed by atoms with Crippen LogP contribution in [0.15, 0.2) is 24.3 Å². The lowest BCUT2D eigenvalue weighted by Crippen LogP contribution is -2.41. The number of benzene rings is 1. The van der Waals surface area contributed by atoms with Crippen molar-refractivity contribution < 1.29 is 14.3 Å². The van der Waals surface area contributed by atoms with Gasteiger partial charge in [0.2, 0.25) is 0 Å². The largest absolute Gasteiger partial charge is 0.497 e. The van der Waals surface area contributed by atoms with Crippen molar-refractivity contribution in [2.24, 2.45) is 0 Å². The van der Waals surface area contributed by atoms with Crippen LogP contribution in [0, 0.1) is 0 Å². The van der Waals surface area contributed by atoms with Crippen LogP contribution in [0.3, 0.4) is 0 Å². The number of likely N-dealkylation sites (N-methyl/N-ethyl adjacent to an activating group) is 1. The minimum atomic E-state index is -0.0585. The highest BCUT2D eigenvalue weighted by Crippen LogP contribution is 2.11. The molecule has 1 aromatic carbocycles. The zero-order valence-corrected chi connectivity index (χ0v) is 12.1. The summed E-state index contributed by atoms with van der Waals surface area (Å²) in [5.41, 5.74) is 0.646. The second-order valence-corrected chi connectivity index (χ2v) is 5.03. The molecule has 1 atom stereocenters. The number of nitrogens with one attached hydrogen (secondary N) is 1. The molecule has 1 unspecified atom stereocenters. The number of rotatable bonds is 5. The van der Waals surface area contributed by atoms with Gasteiger partial charge in [0.05, 0.1) is 19.8 Å². The monoisotopic (exact) mass is 278 g/mol. The van der Waals surface area contributed by atoms with E-state index in [0.717, 1.165) is 31.9 Å². The lowest BCUT2D eigenvalue weighted by atomic mass is 10.2. The average Bonchev–Trinajstić information content (AvgIpc) is 2.47. The molecule has 5 nitrogen and oxygen atoms in total. The van der Waals surface area contributed by atoms with E-state index in [2.05, 4.69) is 17.3 Å². The summed E-state index contributed by atoms with van der Waals surface area (Å²) in [4.78, 5) is 14.2. The van der Waals surface area contributed by atoms with Gasteiger partial charge < -0.3 is 19.7 Å². The Morgan fingerprint density at radius 2 is 2.20 bits per heavy atom. The molecule has 1 aromatic rings. The molecule has 2 rings (SSSR count). The zero-order chi connectivity index (χ0) is 14.4. The molecule has 0 radical (unpaired) electrons. The molecule has 1 heterocycles. The van der Waals surface area contributed by atoms with Crippen LogP contribution < -0.4 is 10.1 Å². The van der Waals surface area contributed by atoms with E-state index in [-0.39, 0.29) is 12.0 Å². The number of hydrogen-bond acceptors (Lipinski definition) is 4. The Morgan fingerprint density at radius 1 is 1.45 bits per heavy atom. The molecule has 5 heteroatoms. The molecule has 1 aliphatic rings. The van der Waals surface area contributed by atoms with Gasteiger partial charge in [-0.3, -0.25) is 4.79 Å². The number of morpholine rings is 1. The standard InChI is InChI=1S/C15H22N2O3/c1-17-9-10-20-14(11-17)7-8-16-15(18)12-3-5-13(19-2)6-4-12/h3-6,14H,7-11H2,1-2H3,(H,16,18). The molecule has 1 amide bonds. The summed E-state index contributed by atoms with van der Waals surface area (Å²) >= 11 is 0. The molecule has 0 bridgehead atoms. The number of nitrogens with zero attached hydrogens (tertiary/aromatic N) is 1. The minimum absolute atomic E-state index is 0.0585. The number of amides is 1. The maximum atomic E-state index is 11.9. The predicted octanol–water partition coefficient (Wildman–Crippen LogP) is 1.15. The molecule has 0 aliphatic carbocycles. The van der Waals surface area contributed by atoms with Gasteiger partial charge in [0.15, 0.2) is 0 Å². The first-order chi connectivity index (χ1) is 9.69. The van der Waals surface area contributed by atoms with Gasteiger partial charge in [0.1, 0.15) is 5.75 Å². The Labute approximate surface area is 119 Å². The highest BCUT2D eigenvalue weighted by atomic mass is 16.5. The lowest BCUT2D eigenvalue weighted by molar-refractivity contribution is -0.0225. The Morgan fingerprint density at radius 3 is 2.85 bits per heavy atom. The molecule has 110 valence electrons. The number of hydrogen-bond donors (Lipinski definition) is 1. The molecule has 0 spiro atoms. The van der Waals surface area contributed by atoms with E-state index in [4.69, 9.17) is 9.47 Å². The van der Waals surface area contributed by atoms with Crippen molar-refractivity contribution in [3.05, 3.63) is 29.8 Å². The quantitative estimate of drug-likeness (QED) is 0.877. The smallest absolute Gasteiger partial charge is 0.251 e. The summed E-state index contributed by atoms with van der Waals surface area (Å²) in [5, 5.41) is 2.92. The first kappa shape index (κ1) is 14.8. The predicted molar refractivity (Wildman–Crippen MR) is 77.2 cm³/mol. The molecule has 1 fully saturated rings. The van der Waals surface area contributed by atoms with Crippen LogP contribution in [0.5, 0.6) is 5.75 Å². The van der Waals surface area contributed by atoms with Crippen LogP contribution in [-0.4, -0.2) is 57.3 Å². The van der Waals surface area contributed by atoms with E-state index < -0.39 is 0 Å². The van der Waals surface area contributed by atoms with Gasteiger partial charge in [-0.15, -0.1) is 0 Å². The van der Waals surface area contributed by atoms with Crippen molar-refractivity contribution >= 4 is 5.91 Å². The van der Waals surface area contributed by atoms with Crippen molar-refractivity contribution in [3.63, 3.8) is 0 Å². The van der Waals surface area contributed by atoms with E-state index in [1.165, 1.54) is 0 Å². The summed E-state index contributed by atoms with van der Waals surface area (Å²) in [6.07, 6.45) is 1.05. The van der Waals surface area contributed by atoms with Crippen LogP contribution in [0.2, 0.25) is 0 Å². The van der Waals surface area contributed by atoms with E-state index in [1.807, 2.05) is 0 Å². The molecule has 0 aromatic heterocycles. The zero-order valence-electron chi connectivity index (χ0n) is 12.1. The van der Waals surface area contributed by atoms with Crippen LogP contribution >= 0.6 is 0 Å². The van der Waals surface area contributed by atoms with Gasteiger partial charge in [-0.05, 0) is 37.7 Å². The van der Waals surface area contributed by atoms with E-state index in [0.29, 0.717) is 12.1 Å². The summed E-state index contributed by atoms with van der Waals surface area (Å²) in [5.74, 6) is 0.692. The van der Waals surface area contributed by atoms with Crippen molar-refractivity contribution in [2.45, 2.75) is 12.5 Å². The number of methoxy groups -OCH3 is 1. The molecular formula is C15H22N2O3. The molecule has 1 aliphatic heterocycles. The lowest BCUT2D eigenvalue weighted by Gasteiger charge is -2.30. The van der Waals surface area contributed by atoms with Crippen molar-refractivity contribution in [3.8, 4) is 5.75 Å². The molecule has 20 heavy (non-hydrogen) atoms. The third-order valence-electron chi connectivity index (χ3n) is 3.45. The second kappa shape index (κ2) is 7.26. The topological polar surface area (TPSA) is 50.8 Å². The fourth-order valence-corrected chi connectivity index (χ4v) is 2.23. The highest BCUT2D eigenvalue weighted by molar-refractivity contribution is 5.94. The fraction of sp³-hybridized carbons (Fsp3) is 0.533. The number of carbonyl (C=O) groups is 1. The van der Waals surface area contributed by atoms with Gasteiger partial charge in [0, 0.05) is 25.2 Å². The normalized spacial score (nSPS) is 19.6. The van der Waals surface area contributed by atoms with Crippen LogP contribution in [-0.2, 0) is 4.74 Å². The molecular weight excluding hydrogens is 256 g/mol. The first-order valence-corrected chi connectivity index (χ1v) is 6.91. The third-order valence-corrected chi connectivity index (χ3v) is 3.45. The summed E-state index contributed by atoms with van der Waals surface area (Å²) in [6.45, 7) is 3.31. The van der Waals surface area contributed by atoms with Crippen LogP contribution in [0.25, 0.3) is 0 Å². The third kappa shape index (κ3) is 4.21. The first-order valence-electron chi connectivity index (χ1n) is 6.91. The van der Waals surface area contributed by atoms with Crippen LogP contribution in [0.4, 0.5) is 0 Å². The summed E-state index contributed by atoms with van der Waals surface area (Å²) in [6, 6.07) is 7.10. The van der Waals surface area contributed by atoms with E-state index in [9.17, 15) is 4.79 Å². The van der Waals surface area contributed by atoms with Gasteiger partial charge in [0.25, 0.3) is 5.91 Å². The molecule has 0 saturated carbocycles. The summed E-state index contributed by atoms with van der Waals surface area (Å²) < 4.78 is 10.7. The minimum Gasteiger partial charge on any atom is -0.497 e. The maximum absolute atomic E-state index is 11.9. The second-order valence-electron chi connectivity index (χ2n) is 5.03. The SMILES string of the molecule is COc1ccc(C(=O)NCCC2CN(C)CCO2)cc1. The Bertz CT molecular complexity index is 433. The number of ether oxygens (including phenoxy) is 2. The Hall–Kier alpha value is -1.59. The van der Waals surface area contributed by atoms with E-state index in [1.54, 1.807) is 31.4 Å². The van der Waals surface area contributed by atoms with Crippen LogP contribution in [0.1, 0.15) is 16.8 Å². The fourth-order valence-electron chi connectivity index (χ4n) is 2.23. The van der Waals surface area contributed by atoms with Crippen molar-refractivity contribution in [1.82, 2.24) is 10.2 Å². The van der Waals surface area contributed by atoms with Crippen molar-refractivity contribution in [2.75, 3.05) is 40.4 Å². The maximum Gasteiger partial charge on any atom is 0.251 e. The van der Waals surface area contributed by atoms with Crippen molar-refractivity contribution in [1.29, 1.82) is 0 Å². The average molecular weight is 278 g/mol. The van der Waals surface area contributed by atoms with Gasteiger partial charge in [-0.1, -0.05) is 0 Å². The Balaban J connectivity index is 1.74. The highest BCUT2D eigenvalue weighted by Gasteiger charge is 2.17. The molecule has 1 saturated heterocycles. The molecule has 1 N–H and O–H groups in total. The van der Waals surface area contributed by atoms with Gasteiger partial charge >= 0.3 is 0 Å². The number of carbonyl (C=O) groups excluding carboxylic acids is 1. The van der Waals surface area contributed by atoms with Gasteiger partial charge in [-0.25, -0.2) is 0 Å².